The van der Waals surface area contributed by atoms with Crippen molar-refractivity contribution in [3.05, 3.63) is 34.6 Å². The minimum absolute atomic E-state index is 0.0347. The molecule has 0 spiro atoms. The first-order valence-corrected chi connectivity index (χ1v) is 4.84. The summed E-state index contributed by atoms with van der Waals surface area (Å²) in [6.45, 7) is 0. The molecular formula is C8H7BrClFO. The minimum atomic E-state index is -0.636. The van der Waals surface area contributed by atoms with Gasteiger partial charge in [-0.3, -0.25) is 0 Å². The third kappa shape index (κ3) is 2.19. The van der Waals surface area contributed by atoms with Crippen LogP contribution in [0.1, 0.15) is 11.7 Å². The molecule has 1 unspecified atom stereocenters. The lowest BCUT2D eigenvalue weighted by Crippen LogP contribution is -1.98. The second-order valence-electron chi connectivity index (χ2n) is 2.34. The van der Waals surface area contributed by atoms with Gasteiger partial charge >= 0.3 is 0 Å². The maximum atomic E-state index is 12.6. The normalized spacial score (nSPS) is 13.0. The molecule has 4 heteroatoms. The van der Waals surface area contributed by atoms with E-state index in [4.69, 9.17) is 11.6 Å². The van der Waals surface area contributed by atoms with Crippen LogP contribution in [-0.4, -0.2) is 10.4 Å². The van der Waals surface area contributed by atoms with Crippen molar-refractivity contribution in [3.8, 4) is 0 Å². The Hall–Kier alpha value is -0.120. The molecule has 0 saturated carbocycles. The van der Waals surface area contributed by atoms with Gasteiger partial charge in [0.25, 0.3) is 0 Å². The van der Waals surface area contributed by atoms with Crippen molar-refractivity contribution in [2.24, 2.45) is 0 Å². The summed E-state index contributed by atoms with van der Waals surface area (Å²) in [5.74, 6) is -0.470. The van der Waals surface area contributed by atoms with E-state index in [1.165, 1.54) is 18.2 Å². The highest BCUT2D eigenvalue weighted by Crippen LogP contribution is 2.21. The summed E-state index contributed by atoms with van der Waals surface area (Å²) in [7, 11) is 0. The first-order chi connectivity index (χ1) is 5.65. The number of hydrogen-bond acceptors (Lipinski definition) is 1. The highest BCUT2D eigenvalue weighted by molar-refractivity contribution is 9.09. The van der Waals surface area contributed by atoms with Crippen LogP contribution in [0, 0.1) is 5.82 Å². The molecule has 1 aromatic carbocycles. The number of alkyl halides is 1. The zero-order valence-corrected chi connectivity index (χ0v) is 8.44. The van der Waals surface area contributed by atoms with Gasteiger partial charge in [0.1, 0.15) is 5.82 Å². The average molecular weight is 253 g/mol. The molecule has 0 aliphatic heterocycles. The van der Waals surface area contributed by atoms with Crippen LogP contribution in [0.5, 0.6) is 0 Å². The lowest BCUT2D eigenvalue weighted by atomic mass is 10.1. The van der Waals surface area contributed by atoms with E-state index in [9.17, 15) is 9.50 Å². The van der Waals surface area contributed by atoms with Gasteiger partial charge in [-0.05, 0) is 17.7 Å². The summed E-state index contributed by atoms with van der Waals surface area (Å²) in [6, 6.07) is 4.17. The number of halogens is 3. The Morgan fingerprint density at radius 3 is 2.75 bits per heavy atom. The molecule has 0 aromatic heterocycles. The minimum Gasteiger partial charge on any atom is -0.388 e. The van der Waals surface area contributed by atoms with Gasteiger partial charge in [-0.15, -0.1) is 0 Å². The number of aliphatic hydroxyl groups excluding tert-OH is 1. The predicted molar refractivity (Wildman–Crippen MR) is 50.2 cm³/mol. The monoisotopic (exact) mass is 252 g/mol. The molecular weight excluding hydrogens is 246 g/mol. The molecule has 1 rings (SSSR count). The van der Waals surface area contributed by atoms with Crippen molar-refractivity contribution in [2.75, 3.05) is 5.33 Å². The van der Waals surface area contributed by atoms with E-state index in [-0.39, 0.29) is 5.02 Å². The molecule has 1 aromatic rings. The van der Waals surface area contributed by atoms with Crippen LogP contribution < -0.4 is 0 Å². The Balaban J connectivity index is 2.96. The molecule has 0 saturated heterocycles. The molecule has 1 N–H and O–H groups in total. The SMILES string of the molecule is OC(CBr)c1ccc(F)c(Cl)c1. The second kappa shape index (κ2) is 4.21. The van der Waals surface area contributed by atoms with E-state index < -0.39 is 11.9 Å². The molecule has 0 heterocycles. The van der Waals surface area contributed by atoms with Crippen LogP contribution in [-0.2, 0) is 0 Å². The van der Waals surface area contributed by atoms with Crippen molar-refractivity contribution in [3.63, 3.8) is 0 Å². The maximum absolute atomic E-state index is 12.6. The first-order valence-electron chi connectivity index (χ1n) is 3.34. The molecule has 0 aliphatic carbocycles. The Morgan fingerprint density at radius 2 is 2.25 bits per heavy atom. The summed E-state index contributed by atoms with van der Waals surface area (Å²) >= 11 is 8.62. The standard InChI is InChI=1S/C8H7BrClFO/c9-4-8(12)5-1-2-7(11)6(10)3-5/h1-3,8,12H,4H2. The fourth-order valence-corrected chi connectivity index (χ4v) is 1.37. The first kappa shape index (κ1) is 9.96. The van der Waals surface area contributed by atoms with Crippen LogP contribution in [0.15, 0.2) is 18.2 Å². The van der Waals surface area contributed by atoms with Gasteiger partial charge in [0, 0.05) is 5.33 Å². The largest absolute Gasteiger partial charge is 0.388 e. The molecule has 12 heavy (non-hydrogen) atoms. The van der Waals surface area contributed by atoms with Gasteiger partial charge in [-0.1, -0.05) is 33.6 Å². The molecule has 0 fully saturated rings. The van der Waals surface area contributed by atoms with Gasteiger partial charge in [-0.25, -0.2) is 4.39 Å². The number of hydrogen-bond donors (Lipinski definition) is 1. The molecule has 0 bridgehead atoms. The summed E-state index contributed by atoms with van der Waals surface area (Å²) in [6.07, 6.45) is -0.636. The third-order valence-corrected chi connectivity index (χ3v) is 2.38. The number of aliphatic hydroxyl groups is 1. The van der Waals surface area contributed by atoms with Gasteiger partial charge in [0.2, 0.25) is 0 Å². The molecule has 0 radical (unpaired) electrons. The second-order valence-corrected chi connectivity index (χ2v) is 3.40. The fraction of sp³-hybridized carbons (Fsp3) is 0.250. The van der Waals surface area contributed by atoms with Crippen LogP contribution in [0.4, 0.5) is 4.39 Å². The van der Waals surface area contributed by atoms with Crippen LogP contribution in [0.25, 0.3) is 0 Å². The van der Waals surface area contributed by atoms with Crippen molar-refractivity contribution in [1.82, 2.24) is 0 Å². The van der Waals surface area contributed by atoms with Crippen molar-refractivity contribution >= 4 is 27.5 Å². The van der Waals surface area contributed by atoms with Gasteiger partial charge in [0.05, 0.1) is 11.1 Å². The summed E-state index contributed by atoms with van der Waals surface area (Å²) < 4.78 is 12.6. The fourth-order valence-electron chi connectivity index (χ4n) is 0.809. The van der Waals surface area contributed by atoms with Crippen molar-refractivity contribution < 1.29 is 9.50 Å². The van der Waals surface area contributed by atoms with E-state index in [1.54, 1.807) is 0 Å². The van der Waals surface area contributed by atoms with E-state index in [1.807, 2.05) is 0 Å². The van der Waals surface area contributed by atoms with E-state index >= 15 is 0 Å². The number of benzene rings is 1. The van der Waals surface area contributed by atoms with Gasteiger partial charge < -0.3 is 5.11 Å². The van der Waals surface area contributed by atoms with Crippen LogP contribution in [0.3, 0.4) is 0 Å². The average Bonchev–Trinajstić information content (AvgIpc) is 2.08. The molecule has 1 nitrogen and oxygen atoms in total. The highest BCUT2D eigenvalue weighted by Gasteiger charge is 2.07. The smallest absolute Gasteiger partial charge is 0.141 e. The van der Waals surface area contributed by atoms with Crippen molar-refractivity contribution in [2.45, 2.75) is 6.10 Å². The van der Waals surface area contributed by atoms with Gasteiger partial charge in [-0.2, -0.15) is 0 Å². The maximum Gasteiger partial charge on any atom is 0.141 e. The zero-order valence-electron chi connectivity index (χ0n) is 6.10. The Kier molecular flexibility index (Phi) is 3.50. The van der Waals surface area contributed by atoms with E-state index in [0.717, 1.165) is 0 Å². The molecule has 0 amide bonds. The van der Waals surface area contributed by atoms with E-state index in [0.29, 0.717) is 10.9 Å². The lowest BCUT2D eigenvalue weighted by Gasteiger charge is -2.06. The highest BCUT2D eigenvalue weighted by atomic mass is 79.9. The van der Waals surface area contributed by atoms with Crippen LogP contribution >= 0.6 is 27.5 Å². The Bertz CT molecular complexity index is 280. The van der Waals surface area contributed by atoms with Crippen molar-refractivity contribution in [1.29, 1.82) is 0 Å². The Labute approximate surface area is 83.3 Å². The topological polar surface area (TPSA) is 20.2 Å². The Morgan fingerprint density at radius 1 is 1.58 bits per heavy atom. The zero-order chi connectivity index (χ0) is 9.14. The quantitative estimate of drug-likeness (QED) is 0.804. The van der Waals surface area contributed by atoms with E-state index in [2.05, 4.69) is 15.9 Å². The molecule has 1 atom stereocenters. The number of rotatable bonds is 2. The lowest BCUT2D eigenvalue weighted by molar-refractivity contribution is 0.205. The molecule has 0 aliphatic rings. The summed E-state index contributed by atoms with van der Waals surface area (Å²) in [4.78, 5) is 0. The molecule has 66 valence electrons. The predicted octanol–water partition coefficient (Wildman–Crippen LogP) is 2.91. The van der Waals surface area contributed by atoms with Gasteiger partial charge in [0.15, 0.2) is 0 Å². The summed E-state index contributed by atoms with van der Waals surface area (Å²) in [5.41, 5.74) is 0.610. The summed E-state index contributed by atoms with van der Waals surface area (Å²) in [5, 5.41) is 9.76. The van der Waals surface area contributed by atoms with Crippen LogP contribution in [0.2, 0.25) is 5.02 Å². The third-order valence-electron chi connectivity index (χ3n) is 1.47.